The minimum atomic E-state index is 0.350. The molecule has 0 spiro atoms. The van der Waals surface area contributed by atoms with E-state index in [0.29, 0.717) is 11.8 Å². The summed E-state index contributed by atoms with van der Waals surface area (Å²) in [4.78, 5) is 11.6. The average Bonchev–Trinajstić information content (AvgIpc) is 2.38. The molecule has 1 fully saturated rings. The smallest absolute Gasteiger partial charge is 0.131 e. The standard InChI is InChI=1S/C15H24ClN3/c1-12(2)15-17-11-14(13(10-16)18-15)19-8-6-4-3-5-7-9-19/h11-12H,3-10H2,1-2H3. The zero-order valence-electron chi connectivity index (χ0n) is 12.0. The first-order chi connectivity index (χ1) is 9.22. The number of rotatable bonds is 3. The van der Waals surface area contributed by atoms with E-state index in [1.807, 2.05) is 6.20 Å². The lowest BCUT2D eigenvalue weighted by molar-refractivity contribution is 0.554. The Kier molecular flexibility index (Phi) is 5.44. The Morgan fingerprint density at radius 2 is 1.79 bits per heavy atom. The van der Waals surface area contributed by atoms with Crippen LogP contribution < -0.4 is 4.90 Å². The fourth-order valence-corrected chi connectivity index (χ4v) is 2.75. The topological polar surface area (TPSA) is 29.0 Å². The maximum atomic E-state index is 6.08. The van der Waals surface area contributed by atoms with Gasteiger partial charge in [0.05, 0.1) is 23.5 Å². The normalized spacial score (nSPS) is 17.4. The monoisotopic (exact) mass is 281 g/mol. The number of hydrogen-bond donors (Lipinski definition) is 0. The van der Waals surface area contributed by atoms with Crippen LogP contribution >= 0.6 is 11.6 Å². The van der Waals surface area contributed by atoms with E-state index < -0.39 is 0 Å². The molecule has 1 aromatic rings. The van der Waals surface area contributed by atoms with Gasteiger partial charge in [0.1, 0.15) is 5.82 Å². The lowest BCUT2D eigenvalue weighted by Crippen LogP contribution is -2.28. The molecule has 1 aliphatic heterocycles. The number of halogens is 1. The molecular formula is C15H24ClN3. The number of hydrogen-bond acceptors (Lipinski definition) is 3. The van der Waals surface area contributed by atoms with Crippen molar-refractivity contribution in [1.29, 1.82) is 0 Å². The Bertz CT molecular complexity index is 398. The van der Waals surface area contributed by atoms with Crippen LogP contribution in [-0.2, 0) is 5.88 Å². The fraction of sp³-hybridized carbons (Fsp3) is 0.733. The summed E-state index contributed by atoms with van der Waals surface area (Å²) in [6.07, 6.45) is 8.53. The van der Waals surface area contributed by atoms with Gasteiger partial charge in [0.25, 0.3) is 0 Å². The molecule has 0 aromatic carbocycles. The van der Waals surface area contributed by atoms with Crippen molar-refractivity contribution in [3.05, 3.63) is 17.7 Å². The minimum absolute atomic E-state index is 0.350. The molecule has 0 N–H and O–H groups in total. The van der Waals surface area contributed by atoms with Crippen LogP contribution in [0.4, 0.5) is 5.69 Å². The molecule has 0 amide bonds. The fourth-order valence-electron chi connectivity index (χ4n) is 2.56. The molecule has 3 nitrogen and oxygen atoms in total. The van der Waals surface area contributed by atoms with Crippen molar-refractivity contribution in [3.63, 3.8) is 0 Å². The molecule has 0 aliphatic carbocycles. The van der Waals surface area contributed by atoms with E-state index in [1.165, 1.54) is 32.1 Å². The third-order valence-corrected chi connectivity index (χ3v) is 3.96. The first-order valence-corrected chi connectivity index (χ1v) is 7.92. The summed E-state index contributed by atoms with van der Waals surface area (Å²) in [5.74, 6) is 1.71. The van der Waals surface area contributed by atoms with Crippen molar-refractivity contribution in [3.8, 4) is 0 Å². The van der Waals surface area contributed by atoms with Crippen LogP contribution in [0.1, 0.15) is 63.4 Å². The molecule has 0 unspecified atom stereocenters. The van der Waals surface area contributed by atoms with Crippen molar-refractivity contribution >= 4 is 17.3 Å². The van der Waals surface area contributed by atoms with E-state index in [0.717, 1.165) is 30.3 Å². The predicted molar refractivity (Wildman–Crippen MR) is 81.0 cm³/mol. The van der Waals surface area contributed by atoms with E-state index >= 15 is 0 Å². The second kappa shape index (κ2) is 7.09. The highest BCUT2D eigenvalue weighted by Gasteiger charge is 2.15. The highest BCUT2D eigenvalue weighted by Crippen LogP contribution is 2.24. The Morgan fingerprint density at radius 1 is 1.16 bits per heavy atom. The van der Waals surface area contributed by atoms with Crippen molar-refractivity contribution < 1.29 is 0 Å². The van der Waals surface area contributed by atoms with Crippen molar-refractivity contribution in [2.24, 2.45) is 0 Å². The van der Waals surface area contributed by atoms with E-state index in [2.05, 4.69) is 28.7 Å². The second-order valence-corrected chi connectivity index (χ2v) is 5.87. The summed E-state index contributed by atoms with van der Waals surface area (Å²) in [5, 5.41) is 0. The molecule has 0 radical (unpaired) electrons. The molecule has 2 heterocycles. The molecular weight excluding hydrogens is 258 g/mol. The van der Waals surface area contributed by atoms with Gasteiger partial charge in [-0.25, -0.2) is 9.97 Å². The summed E-state index contributed by atoms with van der Waals surface area (Å²) >= 11 is 6.08. The van der Waals surface area contributed by atoms with Gasteiger partial charge in [-0.1, -0.05) is 33.1 Å². The van der Waals surface area contributed by atoms with Crippen LogP contribution in [-0.4, -0.2) is 23.1 Å². The summed E-state index contributed by atoms with van der Waals surface area (Å²) in [7, 11) is 0. The third-order valence-electron chi connectivity index (χ3n) is 3.70. The van der Waals surface area contributed by atoms with Gasteiger partial charge in [-0.2, -0.15) is 0 Å². The van der Waals surface area contributed by atoms with Crippen LogP contribution in [0.5, 0.6) is 0 Å². The number of nitrogens with zero attached hydrogens (tertiary/aromatic N) is 3. The highest BCUT2D eigenvalue weighted by molar-refractivity contribution is 6.17. The first kappa shape index (κ1) is 14.6. The molecule has 1 aliphatic rings. The van der Waals surface area contributed by atoms with E-state index in [-0.39, 0.29) is 0 Å². The summed E-state index contributed by atoms with van der Waals surface area (Å²) in [6.45, 7) is 6.44. The molecule has 1 saturated heterocycles. The zero-order chi connectivity index (χ0) is 13.7. The molecule has 0 atom stereocenters. The SMILES string of the molecule is CC(C)c1ncc(N2CCCCCCC2)c(CCl)n1. The summed E-state index contributed by atoms with van der Waals surface area (Å²) < 4.78 is 0. The van der Waals surface area contributed by atoms with Gasteiger partial charge in [-0.15, -0.1) is 11.6 Å². The van der Waals surface area contributed by atoms with E-state index in [1.54, 1.807) is 0 Å². The lowest BCUT2D eigenvalue weighted by atomic mass is 10.1. The molecule has 4 heteroatoms. The summed E-state index contributed by atoms with van der Waals surface area (Å²) in [6, 6.07) is 0. The molecule has 0 bridgehead atoms. The van der Waals surface area contributed by atoms with Gasteiger partial charge in [0.2, 0.25) is 0 Å². The Labute approximate surface area is 121 Å². The molecule has 1 aromatic heterocycles. The maximum absolute atomic E-state index is 6.08. The van der Waals surface area contributed by atoms with Gasteiger partial charge in [0, 0.05) is 19.0 Å². The van der Waals surface area contributed by atoms with Gasteiger partial charge in [-0.3, -0.25) is 0 Å². The molecule has 2 rings (SSSR count). The summed E-state index contributed by atoms with van der Waals surface area (Å²) in [5.41, 5.74) is 2.13. The Balaban J connectivity index is 2.21. The Morgan fingerprint density at radius 3 is 2.37 bits per heavy atom. The van der Waals surface area contributed by atoms with Gasteiger partial charge in [0.15, 0.2) is 0 Å². The second-order valence-electron chi connectivity index (χ2n) is 5.60. The van der Waals surface area contributed by atoms with Gasteiger partial charge in [-0.05, 0) is 12.8 Å². The van der Waals surface area contributed by atoms with Crippen LogP contribution in [0.15, 0.2) is 6.20 Å². The van der Waals surface area contributed by atoms with Crippen LogP contribution in [0.2, 0.25) is 0 Å². The first-order valence-electron chi connectivity index (χ1n) is 7.39. The van der Waals surface area contributed by atoms with E-state index in [4.69, 9.17) is 11.6 Å². The molecule has 19 heavy (non-hydrogen) atoms. The predicted octanol–water partition coefficient (Wildman–Crippen LogP) is 4.11. The minimum Gasteiger partial charge on any atom is -0.369 e. The number of alkyl halides is 1. The van der Waals surface area contributed by atoms with Crippen LogP contribution in [0.3, 0.4) is 0 Å². The quantitative estimate of drug-likeness (QED) is 0.781. The third kappa shape index (κ3) is 3.82. The average molecular weight is 282 g/mol. The number of anilines is 1. The van der Waals surface area contributed by atoms with Crippen molar-refractivity contribution in [1.82, 2.24) is 9.97 Å². The van der Waals surface area contributed by atoms with Crippen LogP contribution in [0, 0.1) is 0 Å². The Hall–Kier alpha value is -0.830. The van der Waals surface area contributed by atoms with Gasteiger partial charge < -0.3 is 4.90 Å². The van der Waals surface area contributed by atoms with Crippen LogP contribution in [0.25, 0.3) is 0 Å². The lowest BCUT2D eigenvalue weighted by Gasteiger charge is -2.28. The number of aromatic nitrogens is 2. The van der Waals surface area contributed by atoms with Gasteiger partial charge >= 0.3 is 0 Å². The van der Waals surface area contributed by atoms with Crippen molar-refractivity contribution in [2.75, 3.05) is 18.0 Å². The largest absolute Gasteiger partial charge is 0.369 e. The zero-order valence-corrected chi connectivity index (χ0v) is 12.8. The molecule has 106 valence electrons. The maximum Gasteiger partial charge on any atom is 0.131 e. The van der Waals surface area contributed by atoms with E-state index in [9.17, 15) is 0 Å². The van der Waals surface area contributed by atoms with Crippen molar-refractivity contribution in [2.45, 2.75) is 57.7 Å². The highest BCUT2D eigenvalue weighted by atomic mass is 35.5. The molecule has 0 saturated carbocycles.